The number of likely N-dealkylation sites (tertiary alicyclic amines) is 1. The number of aryl methyl sites for hydroxylation is 2. The molecule has 2 atom stereocenters. The largest absolute Gasteiger partial charge is 0.444 e. The Hall–Kier alpha value is -1.07. The molecular weight excluding hydrogens is 308 g/mol. The van der Waals surface area contributed by atoms with Crippen LogP contribution in [0.2, 0.25) is 0 Å². The monoisotopic (exact) mass is 338 g/mol. The predicted molar refractivity (Wildman–Crippen MR) is 96.1 cm³/mol. The van der Waals surface area contributed by atoms with E-state index in [4.69, 9.17) is 4.74 Å². The topological polar surface area (TPSA) is 41.6 Å². The fourth-order valence-corrected chi connectivity index (χ4v) is 4.04. The third kappa shape index (κ3) is 4.95. The molecule has 2 heterocycles. The highest BCUT2D eigenvalue weighted by molar-refractivity contribution is 7.12. The number of hydrogen-bond donors (Lipinski definition) is 1. The summed E-state index contributed by atoms with van der Waals surface area (Å²) >= 11 is 1.84. The van der Waals surface area contributed by atoms with Crippen molar-refractivity contribution in [1.29, 1.82) is 0 Å². The Morgan fingerprint density at radius 1 is 1.43 bits per heavy atom. The van der Waals surface area contributed by atoms with Crippen LogP contribution in [0, 0.1) is 13.8 Å². The number of rotatable bonds is 3. The number of ether oxygens (including phenoxy) is 1. The second-order valence-electron chi connectivity index (χ2n) is 7.48. The van der Waals surface area contributed by atoms with Gasteiger partial charge < -0.3 is 15.0 Å². The first-order chi connectivity index (χ1) is 10.7. The van der Waals surface area contributed by atoms with Crippen molar-refractivity contribution in [2.45, 2.75) is 78.6 Å². The molecule has 2 unspecified atom stereocenters. The van der Waals surface area contributed by atoms with Crippen molar-refractivity contribution in [3.05, 3.63) is 21.4 Å². The Kier molecular flexibility index (Phi) is 5.74. The van der Waals surface area contributed by atoms with Gasteiger partial charge in [0, 0.05) is 34.9 Å². The second-order valence-corrected chi connectivity index (χ2v) is 8.94. The Balaban J connectivity index is 1.95. The first-order valence-electron chi connectivity index (χ1n) is 8.46. The fourth-order valence-electron chi connectivity index (χ4n) is 3.09. The maximum atomic E-state index is 12.4. The molecule has 2 rings (SSSR count). The molecule has 1 saturated heterocycles. The summed E-state index contributed by atoms with van der Waals surface area (Å²) < 4.78 is 5.54. The van der Waals surface area contributed by atoms with E-state index in [0.29, 0.717) is 6.04 Å². The molecule has 1 aliphatic heterocycles. The molecule has 1 N–H and O–H groups in total. The summed E-state index contributed by atoms with van der Waals surface area (Å²) in [6, 6.07) is 2.72. The third-order valence-corrected chi connectivity index (χ3v) is 5.32. The zero-order valence-corrected chi connectivity index (χ0v) is 16.0. The molecule has 23 heavy (non-hydrogen) atoms. The van der Waals surface area contributed by atoms with Crippen molar-refractivity contribution < 1.29 is 9.53 Å². The van der Waals surface area contributed by atoms with Gasteiger partial charge in [0.15, 0.2) is 0 Å². The summed E-state index contributed by atoms with van der Waals surface area (Å²) in [7, 11) is 0. The third-order valence-electron chi connectivity index (χ3n) is 4.31. The van der Waals surface area contributed by atoms with E-state index >= 15 is 0 Å². The van der Waals surface area contributed by atoms with Crippen LogP contribution in [0.3, 0.4) is 0 Å². The molecule has 0 bridgehead atoms. The van der Waals surface area contributed by atoms with Gasteiger partial charge in [0.2, 0.25) is 0 Å². The highest BCUT2D eigenvalue weighted by atomic mass is 32.1. The molecule has 0 radical (unpaired) electrons. The normalized spacial score (nSPS) is 22.3. The molecule has 0 spiro atoms. The van der Waals surface area contributed by atoms with Crippen LogP contribution in [0.4, 0.5) is 4.79 Å². The van der Waals surface area contributed by atoms with E-state index in [-0.39, 0.29) is 12.1 Å². The van der Waals surface area contributed by atoms with Crippen molar-refractivity contribution in [1.82, 2.24) is 10.2 Å². The lowest BCUT2D eigenvalue weighted by atomic mass is 9.97. The number of nitrogens with zero attached hydrogens (tertiary/aromatic N) is 1. The number of hydrogen-bond acceptors (Lipinski definition) is 4. The first kappa shape index (κ1) is 18.3. The van der Waals surface area contributed by atoms with E-state index in [2.05, 4.69) is 32.2 Å². The van der Waals surface area contributed by atoms with Gasteiger partial charge in [-0.2, -0.15) is 0 Å². The van der Waals surface area contributed by atoms with Crippen molar-refractivity contribution in [2.24, 2.45) is 0 Å². The maximum Gasteiger partial charge on any atom is 0.410 e. The van der Waals surface area contributed by atoms with Crippen molar-refractivity contribution in [3.8, 4) is 0 Å². The molecule has 5 heteroatoms. The minimum absolute atomic E-state index is 0.152. The number of nitrogens with one attached hydrogen (secondary N) is 1. The van der Waals surface area contributed by atoms with Gasteiger partial charge in [-0.1, -0.05) is 0 Å². The predicted octanol–water partition coefficient (Wildman–Crippen LogP) is 4.24. The zero-order chi connectivity index (χ0) is 17.2. The van der Waals surface area contributed by atoms with E-state index in [1.54, 1.807) is 0 Å². The summed E-state index contributed by atoms with van der Waals surface area (Å²) in [6.07, 6.45) is 1.92. The number of carbonyl (C=O) groups is 1. The average molecular weight is 339 g/mol. The summed E-state index contributed by atoms with van der Waals surface area (Å²) in [5.74, 6) is 0. The van der Waals surface area contributed by atoms with Crippen molar-refractivity contribution in [2.75, 3.05) is 6.54 Å². The number of thiophene rings is 1. The number of carbonyl (C=O) groups excluding carboxylic acids is 1. The Bertz CT molecular complexity index is 548. The van der Waals surface area contributed by atoms with E-state index < -0.39 is 5.60 Å². The van der Waals surface area contributed by atoms with E-state index in [0.717, 1.165) is 25.9 Å². The lowest BCUT2D eigenvalue weighted by Gasteiger charge is -2.40. The minimum Gasteiger partial charge on any atom is -0.444 e. The number of amides is 1. The Morgan fingerprint density at radius 3 is 2.70 bits per heavy atom. The molecule has 0 aliphatic carbocycles. The van der Waals surface area contributed by atoms with Gasteiger partial charge >= 0.3 is 6.09 Å². The van der Waals surface area contributed by atoms with Crippen molar-refractivity contribution >= 4 is 17.4 Å². The van der Waals surface area contributed by atoms with Gasteiger partial charge in [-0.3, -0.25) is 0 Å². The molecular formula is C18H30N2O2S. The SMILES string of the molecule is Cc1cc(CNC2CCCN(C(=O)OC(C)(C)C)C2C)c(C)s1. The smallest absolute Gasteiger partial charge is 0.410 e. The van der Waals surface area contributed by atoms with Gasteiger partial charge in [-0.15, -0.1) is 11.3 Å². The highest BCUT2D eigenvalue weighted by Crippen LogP contribution is 2.23. The molecule has 1 aromatic heterocycles. The van der Waals surface area contributed by atoms with E-state index in [1.807, 2.05) is 37.0 Å². The van der Waals surface area contributed by atoms with E-state index in [1.165, 1.54) is 15.3 Å². The van der Waals surface area contributed by atoms with Crippen LogP contribution in [-0.2, 0) is 11.3 Å². The van der Waals surface area contributed by atoms with Gasteiger partial charge in [-0.25, -0.2) is 4.79 Å². The molecule has 4 nitrogen and oxygen atoms in total. The zero-order valence-electron chi connectivity index (χ0n) is 15.2. The standard InChI is InChI=1S/C18H30N2O2S/c1-12-10-15(14(3)23-12)11-19-16-8-7-9-20(13(16)2)17(21)22-18(4,5)6/h10,13,16,19H,7-9,11H2,1-6H3. The lowest BCUT2D eigenvalue weighted by molar-refractivity contribution is 0.00699. The lowest BCUT2D eigenvalue weighted by Crippen LogP contribution is -2.55. The first-order valence-corrected chi connectivity index (χ1v) is 9.28. The van der Waals surface area contributed by atoms with Crippen LogP contribution >= 0.6 is 11.3 Å². The van der Waals surface area contributed by atoms with Crippen LogP contribution in [0.1, 0.15) is 55.9 Å². The molecule has 0 aromatic carbocycles. The molecule has 1 amide bonds. The Labute approximate surface area is 144 Å². The minimum atomic E-state index is -0.442. The summed E-state index contributed by atoms with van der Waals surface area (Å²) in [5.41, 5.74) is 0.928. The van der Waals surface area contributed by atoms with Crippen LogP contribution < -0.4 is 5.32 Å². The van der Waals surface area contributed by atoms with Gasteiger partial charge in [0.1, 0.15) is 5.60 Å². The summed E-state index contributed by atoms with van der Waals surface area (Å²) in [6.45, 7) is 13.8. The van der Waals surface area contributed by atoms with E-state index in [9.17, 15) is 4.79 Å². The van der Waals surface area contributed by atoms with Crippen LogP contribution in [0.25, 0.3) is 0 Å². The summed E-state index contributed by atoms with van der Waals surface area (Å²) in [4.78, 5) is 17.0. The van der Waals surface area contributed by atoms with Gasteiger partial charge in [0.25, 0.3) is 0 Å². The summed E-state index contributed by atoms with van der Waals surface area (Å²) in [5, 5.41) is 3.65. The van der Waals surface area contributed by atoms with Gasteiger partial charge in [-0.05, 0) is 66.0 Å². The maximum absolute atomic E-state index is 12.4. The molecule has 1 aromatic rings. The average Bonchev–Trinajstić information content (AvgIpc) is 2.73. The molecule has 1 fully saturated rings. The quantitative estimate of drug-likeness (QED) is 0.896. The second kappa shape index (κ2) is 7.22. The van der Waals surface area contributed by atoms with Crippen LogP contribution in [0.5, 0.6) is 0 Å². The fraction of sp³-hybridized carbons (Fsp3) is 0.722. The molecule has 1 aliphatic rings. The van der Waals surface area contributed by atoms with Crippen molar-refractivity contribution in [3.63, 3.8) is 0 Å². The number of piperidine rings is 1. The van der Waals surface area contributed by atoms with Crippen LogP contribution in [0.15, 0.2) is 6.07 Å². The highest BCUT2D eigenvalue weighted by Gasteiger charge is 2.33. The Morgan fingerprint density at radius 2 is 2.13 bits per heavy atom. The molecule has 130 valence electrons. The van der Waals surface area contributed by atoms with Gasteiger partial charge in [0.05, 0.1) is 0 Å². The molecule has 0 saturated carbocycles. The van der Waals surface area contributed by atoms with Crippen LogP contribution in [-0.4, -0.2) is 35.2 Å².